The van der Waals surface area contributed by atoms with Gasteiger partial charge in [-0.15, -0.1) is 0 Å². The van der Waals surface area contributed by atoms with Crippen LogP contribution >= 0.6 is 7.92 Å². The molecule has 0 unspecified atom stereocenters. The van der Waals surface area contributed by atoms with E-state index in [0.717, 1.165) is 28.0 Å². The molecule has 0 aliphatic rings. The third-order valence-corrected chi connectivity index (χ3v) is 11.6. The number of hydrogen-bond acceptors (Lipinski definition) is 2. The van der Waals surface area contributed by atoms with Crippen LogP contribution in [0.4, 0.5) is 0 Å². The van der Waals surface area contributed by atoms with Crippen LogP contribution in [0, 0.1) is 0 Å². The second-order valence-electron chi connectivity index (χ2n) is 14.1. The van der Waals surface area contributed by atoms with Crippen LogP contribution in [-0.2, 0) is 21.8 Å². The first-order chi connectivity index (χ1) is 20.1. The Balaban J connectivity index is 2.06. The zero-order valence-corrected chi connectivity index (χ0v) is 29.2. The van der Waals surface area contributed by atoms with E-state index in [9.17, 15) is 4.21 Å². The summed E-state index contributed by atoms with van der Waals surface area (Å²) in [5, 5.41) is 3.82. The van der Waals surface area contributed by atoms with Crippen LogP contribution in [0.2, 0.25) is 0 Å². The van der Waals surface area contributed by atoms with E-state index in [1.54, 1.807) is 7.11 Å². The smallest absolute Gasteiger partial charge is 0.126 e. The molecule has 2 atom stereocenters. The van der Waals surface area contributed by atoms with Gasteiger partial charge in [0, 0.05) is 11.1 Å². The molecule has 0 aliphatic heterocycles. The van der Waals surface area contributed by atoms with Gasteiger partial charge in [-0.3, -0.25) is 0 Å². The van der Waals surface area contributed by atoms with E-state index in [1.807, 2.05) is 20.8 Å². The van der Waals surface area contributed by atoms with Gasteiger partial charge in [0.25, 0.3) is 0 Å². The SMILES string of the molecule is COc1c(C(C)(C)C)cc([C@@H](N[S@@](=O)C(C)(C)C)c2ccccc2P(c2ccccc2)c2ccccc2)cc1C(C)(C)C. The van der Waals surface area contributed by atoms with Crippen molar-refractivity contribution >= 4 is 34.8 Å². The largest absolute Gasteiger partial charge is 0.496 e. The van der Waals surface area contributed by atoms with Crippen LogP contribution < -0.4 is 25.4 Å². The van der Waals surface area contributed by atoms with Gasteiger partial charge in [-0.25, -0.2) is 8.93 Å². The van der Waals surface area contributed by atoms with Crippen molar-refractivity contribution in [3.63, 3.8) is 0 Å². The fourth-order valence-electron chi connectivity index (χ4n) is 5.26. The Morgan fingerprint density at radius 2 is 1.12 bits per heavy atom. The second-order valence-corrected chi connectivity index (χ2v) is 18.3. The summed E-state index contributed by atoms with van der Waals surface area (Å²) in [6, 6.07) is 34.5. The van der Waals surface area contributed by atoms with Crippen molar-refractivity contribution in [2.45, 2.75) is 83.9 Å². The summed E-state index contributed by atoms with van der Waals surface area (Å²) in [5.41, 5.74) is 4.22. The molecule has 0 aliphatic carbocycles. The average Bonchev–Trinajstić information content (AvgIpc) is 2.95. The zero-order chi connectivity index (χ0) is 31.6. The lowest BCUT2D eigenvalue weighted by Crippen LogP contribution is -2.38. The minimum atomic E-state index is -1.32. The summed E-state index contributed by atoms with van der Waals surface area (Å²) < 4.78 is 23.2. The lowest BCUT2D eigenvalue weighted by molar-refractivity contribution is 0.381. The van der Waals surface area contributed by atoms with Crippen molar-refractivity contribution in [1.29, 1.82) is 0 Å². The lowest BCUT2D eigenvalue weighted by atomic mass is 9.77. The third-order valence-electron chi connectivity index (χ3n) is 7.56. The van der Waals surface area contributed by atoms with E-state index >= 15 is 0 Å². The van der Waals surface area contributed by atoms with Gasteiger partial charge in [0.2, 0.25) is 0 Å². The van der Waals surface area contributed by atoms with Gasteiger partial charge in [-0.2, -0.15) is 0 Å². The van der Waals surface area contributed by atoms with Crippen molar-refractivity contribution in [2.24, 2.45) is 0 Å². The van der Waals surface area contributed by atoms with Crippen LogP contribution in [0.15, 0.2) is 97.1 Å². The second kappa shape index (κ2) is 13.1. The Morgan fingerprint density at radius 3 is 1.53 bits per heavy atom. The van der Waals surface area contributed by atoms with Gasteiger partial charge < -0.3 is 4.74 Å². The highest BCUT2D eigenvalue weighted by Crippen LogP contribution is 2.44. The van der Waals surface area contributed by atoms with Crippen molar-refractivity contribution < 1.29 is 8.95 Å². The molecule has 43 heavy (non-hydrogen) atoms. The fraction of sp³-hybridized carbons (Fsp3) is 0.368. The minimum Gasteiger partial charge on any atom is -0.496 e. The zero-order valence-electron chi connectivity index (χ0n) is 27.5. The van der Waals surface area contributed by atoms with Gasteiger partial charge in [-0.05, 0) is 78.7 Å². The summed E-state index contributed by atoms with van der Waals surface area (Å²) in [4.78, 5) is 0. The Hall–Kier alpha value is -2.78. The number of ether oxygens (including phenoxy) is 1. The first-order valence-electron chi connectivity index (χ1n) is 15.0. The van der Waals surface area contributed by atoms with E-state index < -0.39 is 23.7 Å². The van der Waals surface area contributed by atoms with Crippen LogP contribution in [0.5, 0.6) is 5.75 Å². The van der Waals surface area contributed by atoms with Crippen molar-refractivity contribution in [1.82, 2.24) is 4.72 Å². The molecule has 0 saturated carbocycles. The molecule has 4 aromatic carbocycles. The monoisotopic (exact) mass is 613 g/mol. The maximum atomic E-state index is 13.9. The highest BCUT2D eigenvalue weighted by atomic mass is 32.2. The molecule has 0 aromatic heterocycles. The van der Waals surface area contributed by atoms with Crippen LogP contribution in [0.3, 0.4) is 0 Å². The normalized spacial score (nSPS) is 14.0. The summed E-state index contributed by atoms with van der Waals surface area (Å²) in [7, 11) is -0.422. The van der Waals surface area contributed by atoms with E-state index in [4.69, 9.17) is 4.74 Å². The molecule has 0 radical (unpaired) electrons. The lowest BCUT2D eigenvalue weighted by Gasteiger charge is -2.33. The summed E-state index contributed by atoms with van der Waals surface area (Å²) in [6.07, 6.45) is 0. The van der Waals surface area contributed by atoms with Gasteiger partial charge in [0.1, 0.15) is 5.75 Å². The number of nitrogens with one attached hydrogen (secondary N) is 1. The Bertz CT molecular complexity index is 1470. The maximum Gasteiger partial charge on any atom is 0.126 e. The summed E-state index contributed by atoms with van der Waals surface area (Å²) >= 11 is 0. The molecule has 0 bridgehead atoms. The fourth-order valence-corrected chi connectivity index (χ4v) is 8.59. The summed E-state index contributed by atoms with van der Waals surface area (Å²) in [5.74, 6) is 0.934. The van der Waals surface area contributed by atoms with Gasteiger partial charge in [0.15, 0.2) is 0 Å². The Labute approximate surface area is 263 Å². The van der Waals surface area contributed by atoms with Crippen LogP contribution in [0.1, 0.15) is 90.6 Å². The quantitative estimate of drug-likeness (QED) is 0.204. The molecule has 4 aromatic rings. The number of rotatable bonds is 8. The van der Waals surface area contributed by atoms with Crippen LogP contribution in [-0.4, -0.2) is 16.1 Å². The molecule has 0 spiro atoms. The maximum absolute atomic E-state index is 13.9. The predicted molar refractivity (Wildman–Crippen MR) is 188 cm³/mol. The highest BCUT2D eigenvalue weighted by molar-refractivity contribution is 7.84. The first kappa shape index (κ1) is 33.1. The van der Waals surface area contributed by atoms with Crippen LogP contribution in [0.25, 0.3) is 0 Å². The van der Waals surface area contributed by atoms with Gasteiger partial charge in [0.05, 0.1) is 28.9 Å². The molecule has 228 valence electrons. The molecule has 0 fully saturated rings. The third kappa shape index (κ3) is 7.66. The van der Waals surface area contributed by atoms with E-state index in [-0.39, 0.29) is 16.9 Å². The van der Waals surface area contributed by atoms with Crippen molar-refractivity contribution in [3.8, 4) is 5.75 Å². The molecular formula is C38H48NO2PS. The molecule has 4 rings (SSSR count). The highest BCUT2D eigenvalue weighted by Gasteiger charge is 2.33. The number of methoxy groups -OCH3 is 1. The van der Waals surface area contributed by atoms with Crippen molar-refractivity contribution in [2.75, 3.05) is 7.11 Å². The summed E-state index contributed by atoms with van der Waals surface area (Å²) in [6.45, 7) is 19.5. The standard InChI is InChI=1S/C38H48NO2PS/c1-36(2,3)31-25-27(26-32(35(31)41-10)37(4,5)6)34(39-43(40)38(7,8)9)30-23-17-18-24-33(30)42(28-19-13-11-14-20-28)29-21-15-12-16-22-29/h11-26,34,39H,1-10H3/t34-,43+/m1/s1. The molecule has 0 saturated heterocycles. The first-order valence-corrected chi connectivity index (χ1v) is 17.5. The Kier molecular flexibility index (Phi) is 10.1. The molecular weight excluding hydrogens is 565 g/mol. The number of hydrogen-bond donors (Lipinski definition) is 1. The molecule has 3 nitrogen and oxygen atoms in total. The molecule has 1 N–H and O–H groups in total. The average molecular weight is 614 g/mol. The van der Waals surface area contributed by atoms with Gasteiger partial charge >= 0.3 is 0 Å². The topological polar surface area (TPSA) is 38.3 Å². The Morgan fingerprint density at radius 1 is 0.674 bits per heavy atom. The number of benzene rings is 4. The van der Waals surface area contributed by atoms with E-state index in [0.29, 0.717) is 0 Å². The molecule has 0 heterocycles. The van der Waals surface area contributed by atoms with E-state index in [2.05, 4.69) is 143 Å². The minimum absolute atomic E-state index is 0.157. The predicted octanol–water partition coefficient (Wildman–Crippen LogP) is 8.19. The van der Waals surface area contributed by atoms with Crippen molar-refractivity contribution in [3.05, 3.63) is 119 Å². The molecule has 0 amide bonds. The van der Waals surface area contributed by atoms with Gasteiger partial charge in [-0.1, -0.05) is 126 Å². The molecule has 5 heteroatoms. The van der Waals surface area contributed by atoms with E-state index in [1.165, 1.54) is 15.9 Å².